The molecule has 0 saturated carbocycles. The van der Waals surface area contributed by atoms with E-state index in [-0.39, 0.29) is 0 Å². The van der Waals surface area contributed by atoms with Gasteiger partial charge in [-0.25, -0.2) is 0 Å². The van der Waals surface area contributed by atoms with Gasteiger partial charge in [-0.2, -0.15) is 0 Å². The third kappa shape index (κ3) is 4.94. The van der Waals surface area contributed by atoms with Gasteiger partial charge >= 0.3 is 0 Å². The van der Waals surface area contributed by atoms with Crippen LogP contribution in [-0.4, -0.2) is 50.8 Å². The molecule has 1 unspecified atom stereocenters. The summed E-state index contributed by atoms with van der Waals surface area (Å²) in [4.78, 5) is 2.73. The number of nitrogens with zero attached hydrogens (tertiary/aromatic N) is 1. The Morgan fingerprint density at radius 2 is 1.95 bits per heavy atom. The van der Waals surface area contributed by atoms with Crippen LogP contribution in [0.2, 0.25) is 0 Å². The smallest absolute Gasteiger partial charge is 0.0472 e. The Balaban J connectivity index is 1.90. The van der Waals surface area contributed by atoms with Gasteiger partial charge in [-0.1, -0.05) is 27.7 Å². The van der Waals surface area contributed by atoms with Crippen LogP contribution < -0.4 is 5.32 Å². The van der Waals surface area contributed by atoms with Crippen molar-refractivity contribution in [2.45, 2.75) is 53.4 Å². The van der Waals surface area contributed by atoms with Crippen LogP contribution >= 0.6 is 0 Å². The number of rotatable bonds is 6. The van der Waals surface area contributed by atoms with E-state index in [2.05, 4.69) is 37.9 Å². The van der Waals surface area contributed by atoms with Crippen molar-refractivity contribution in [3.05, 3.63) is 0 Å². The van der Waals surface area contributed by atoms with Crippen molar-refractivity contribution in [3.63, 3.8) is 0 Å². The maximum absolute atomic E-state index is 5.62. The fourth-order valence-corrected chi connectivity index (χ4v) is 3.88. The minimum absolute atomic E-state index is 0.445. The second-order valence-electron chi connectivity index (χ2n) is 8.38. The lowest BCUT2D eigenvalue weighted by molar-refractivity contribution is -0.00205. The van der Waals surface area contributed by atoms with Crippen molar-refractivity contribution in [3.8, 4) is 0 Å². The molecule has 3 heteroatoms. The summed E-state index contributed by atoms with van der Waals surface area (Å²) in [5, 5.41) is 3.68. The second-order valence-corrected chi connectivity index (χ2v) is 8.38. The van der Waals surface area contributed by atoms with Crippen molar-refractivity contribution in [2.75, 3.05) is 45.9 Å². The average molecular weight is 296 g/mol. The molecule has 0 aliphatic carbocycles. The molecule has 0 aromatic carbocycles. The quantitative estimate of drug-likeness (QED) is 0.762. The molecule has 1 atom stereocenters. The van der Waals surface area contributed by atoms with E-state index in [1.807, 2.05) is 0 Å². The highest BCUT2D eigenvalue weighted by molar-refractivity contribution is 4.91. The number of hydrogen-bond donors (Lipinski definition) is 1. The SMILES string of the molecule is CCCNCC1(CN2CCC(C(C)(C)C)C2)CCOCC1. The summed E-state index contributed by atoms with van der Waals surface area (Å²) in [5.41, 5.74) is 0.901. The maximum atomic E-state index is 5.62. The van der Waals surface area contributed by atoms with Gasteiger partial charge in [0, 0.05) is 32.8 Å². The van der Waals surface area contributed by atoms with Gasteiger partial charge in [-0.05, 0) is 55.5 Å². The molecule has 3 nitrogen and oxygen atoms in total. The third-order valence-electron chi connectivity index (χ3n) is 5.54. The average Bonchev–Trinajstić information content (AvgIpc) is 2.88. The Hall–Kier alpha value is -0.120. The molecule has 0 aromatic rings. The van der Waals surface area contributed by atoms with Gasteiger partial charge in [0.2, 0.25) is 0 Å². The van der Waals surface area contributed by atoms with E-state index in [0.29, 0.717) is 10.8 Å². The Morgan fingerprint density at radius 1 is 1.24 bits per heavy atom. The molecule has 2 fully saturated rings. The largest absolute Gasteiger partial charge is 0.381 e. The Bertz CT molecular complexity index is 305. The zero-order valence-electron chi connectivity index (χ0n) is 14.7. The number of nitrogens with one attached hydrogen (secondary N) is 1. The van der Waals surface area contributed by atoms with Crippen molar-refractivity contribution >= 4 is 0 Å². The van der Waals surface area contributed by atoms with Gasteiger partial charge in [-0.3, -0.25) is 0 Å². The number of likely N-dealkylation sites (tertiary alicyclic amines) is 1. The van der Waals surface area contributed by atoms with Crippen LogP contribution in [0.15, 0.2) is 0 Å². The summed E-state index contributed by atoms with van der Waals surface area (Å²) in [5.74, 6) is 0.859. The van der Waals surface area contributed by atoms with E-state index in [1.165, 1.54) is 51.9 Å². The maximum Gasteiger partial charge on any atom is 0.0472 e. The molecular formula is C18H36N2O. The second kappa shape index (κ2) is 7.43. The molecule has 0 amide bonds. The normalized spacial score (nSPS) is 27.1. The highest BCUT2D eigenvalue weighted by atomic mass is 16.5. The monoisotopic (exact) mass is 296 g/mol. The summed E-state index contributed by atoms with van der Waals surface area (Å²) < 4.78 is 5.62. The van der Waals surface area contributed by atoms with E-state index in [1.54, 1.807) is 0 Å². The molecule has 2 aliphatic rings. The van der Waals surface area contributed by atoms with Gasteiger partial charge in [0.1, 0.15) is 0 Å². The Kier molecular flexibility index (Phi) is 6.10. The molecule has 1 N–H and O–H groups in total. The van der Waals surface area contributed by atoms with Crippen LogP contribution in [-0.2, 0) is 4.74 Å². The van der Waals surface area contributed by atoms with Gasteiger partial charge < -0.3 is 15.0 Å². The van der Waals surface area contributed by atoms with Crippen LogP contribution in [0.3, 0.4) is 0 Å². The summed E-state index contributed by atoms with van der Waals surface area (Å²) in [6.07, 6.45) is 5.04. The molecule has 2 rings (SSSR count). The first-order chi connectivity index (χ1) is 9.95. The van der Waals surface area contributed by atoms with Crippen LogP contribution in [0, 0.1) is 16.7 Å². The summed E-state index contributed by atoms with van der Waals surface area (Å²) >= 11 is 0. The molecule has 21 heavy (non-hydrogen) atoms. The predicted octanol–water partition coefficient (Wildman–Crippen LogP) is 3.15. The van der Waals surface area contributed by atoms with E-state index >= 15 is 0 Å². The van der Waals surface area contributed by atoms with E-state index in [9.17, 15) is 0 Å². The molecule has 0 spiro atoms. The van der Waals surface area contributed by atoms with Crippen molar-refractivity contribution in [1.29, 1.82) is 0 Å². The molecular weight excluding hydrogens is 260 g/mol. The zero-order chi connectivity index (χ0) is 15.3. The van der Waals surface area contributed by atoms with Crippen molar-refractivity contribution in [1.82, 2.24) is 10.2 Å². The summed E-state index contributed by atoms with van der Waals surface area (Å²) in [6.45, 7) is 17.5. The first kappa shape index (κ1) is 17.2. The van der Waals surface area contributed by atoms with E-state index in [4.69, 9.17) is 4.74 Å². The standard InChI is InChI=1S/C18H36N2O/c1-5-9-19-14-18(7-11-21-12-8-18)15-20-10-6-16(13-20)17(2,3)4/h16,19H,5-15H2,1-4H3. The molecule has 2 saturated heterocycles. The highest BCUT2D eigenvalue weighted by Gasteiger charge is 2.38. The molecule has 0 aromatic heterocycles. The van der Waals surface area contributed by atoms with Gasteiger partial charge in [-0.15, -0.1) is 0 Å². The summed E-state index contributed by atoms with van der Waals surface area (Å²) in [7, 11) is 0. The van der Waals surface area contributed by atoms with Crippen molar-refractivity contribution in [2.24, 2.45) is 16.7 Å². The highest BCUT2D eigenvalue weighted by Crippen LogP contribution is 2.37. The minimum Gasteiger partial charge on any atom is -0.381 e. The lowest BCUT2D eigenvalue weighted by atomic mass is 9.79. The van der Waals surface area contributed by atoms with Gasteiger partial charge in [0.05, 0.1) is 0 Å². The summed E-state index contributed by atoms with van der Waals surface area (Å²) in [6, 6.07) is 0. The van der Waals surface area contributed by atoms with Crippen molar-refractivity contribution < 1.29 is 4.74 Å². The van der Waals surface area contributed by atoms with E-state index in [0.717, 1.165) is 25.7 Å². The zero-order valence-corrected chi connectivity index (χ0v) is 14.7. The fraction of sp³-hybridized carbons (Fsp3) is 1.00. The van der Waals surface area contributed by atoms with Gasteiger partial charge in [0.15, 0.2) is 0 Å². The van der Waals surface area contributed by atoms with Crippen LogP contribution in [0.4, 0.5) is 0 Å². The van der Waals surface area contributed by atoms with Gasteiger partial charge in [0.25, 0.3) is 0 Å². The molecule has 2 heterocycles. The third-order valence-corrected chi connectivity index (χ3v) is 5.54. The first-order valence-electron chi connectivity index (χ1n) is 8.96. The number of ether oxygens (including phenoxy) is 1. The first-order valence-corrected chi connectivity index (χ1v) is 8.96. The van der Waals surface area contributed by atoms with Crippen LogP contribution in [0.25, 0.3) is 0 Å². The van der Waals surface area contributed by atoms with E-state index < -0.39 is 0 Å². The molecule has 0 bridgehead atoms. The molecule has 124 valence electrons. The Morgan fingerprint density at radius 3 is 2.52 bits per heavy atom. The lowest BCUT2D eigenvalue weighted by Gasteiger charge is -2.40. The van der Waals surface area contributed by atoms with Crippen LogP contribution in [0.1, 0.15) is 53.4 Å². The number of hydrogen-bond acceptors (Lipinski definition) is 3. The van der Waals surface area contributed by atoms with Crippen LogP contribution in [0.5, 0.6) is 0 Å². The fourth-order valence-electron chi connectivity index (χ4n) is 3.88. The molecule has 2 aliphatic heterocycles. The minimum atomic E-state index is 0.445. The molecule has 0 radical (unpaired) electrons. The topological polar surface area (TPSA) is 24.5 Å². The lowest BCUT2D eigenvalue weighted by Crippen LogP contribution is -2.47. The Labute approximate surface area is 131 Å². The predicted molar refractivity (Wildman–Crippen MR) is 89.6 cm³/mol.